The van der Waals surface area contributed by atoms with Crippen LogP contribution in [-0.4, -0.2) is 29.3 Å². The van der Waals surface area contributed by atoms with Crippen LogP contribution in [0.3, 0.4) is 0 Å². The van der Waals surface area contributed by atoms with Crippen LogP contribution < -0.4 is 0 Å². The van der Waals surface area contributed by atoms with Gasteiger partial charge < -0.3 is 9.21 Å². The SMILES string of the molecule is O=CCCCN1CCc2nc(-c3ccccc3)oc2C1. The number of aldehydes is 1. The van der Waals surface area contributed by atoms with E-state index >= 15 is 0 Å². The summed E-state index contributed by atoms with van der Waals surface area (Å²) in [5.41, 5.74) is 2.10. The van der Waals surface area contributed by atoms with E-state index in [1.54, 1.807) is 0 Å². The third-order valence-corrected chi connectivity index (χ3v) is 3.63. The number of unbranched alkanes of at least 4 members (excludes halogenated alkanes) is 1. The summed E-state index contributed by atoms with van der Waals surface area (Å²) < 4.78 is 5.91. The number of aromatic nitrogens is 1. The molecule has 0 unspecified atom stereocenters. The molecule has 104 valence electrons. The second-order valence-electron chi connectivity index (χ2n) is 5.09. The van der Waals surface area contributed by atoms with Gasteiger partial charge in [0.15, 0.2) is 0 Å². The maximum absolute atomic E-state index is 10.4. The Morgan fingerprint density at radius 1 is 1.30 bits per heavy atom. The van der Waals surface area contributed by atoms with Gasteiger partial charge in [-0.15, -0.1) is 0 Å². The maximum Gasteiger partial charge on any atom is 0.226 e. The van der Waals surface area contributed by atoms with E-state index in [1.165, 1.54) is 0 Å². The second kappa shape index (κ2) is 6.01. The molecule has 0 atom stereocenters. The van der Waals surface area contributed by atoms with Crippen LogP contribution in [0.4, 0.5) is 0 Å². The van der Waals surface area contributed by atoms with Crippen molar-refractivity contribution in [3.8, 4) is 11.5 Å². The van der Waals surface area contributed by atoms with Crippen LogP contribution in [0.25, 0.3) is 11.5 Å². The summed E-state index contributed by atoms with van der Waals surface area (Å²) in [6.07, 6.45) is 3.46. The Balaban J connectivity index is 1.71. The van der Waals surface area contributed by atoms with Crippen molar-refractivity contribution in [2.24, 2.45) is 0 Å². The van der Waals surface area contributed by atoms with E-state index in [-0.39, 0.29) is 0 Å². The monoisotopic (exact) mass is 270 g/mol. The van der Waals surface area contributed by atoms with Gasteiger partial charge in [-0.3, -0.25) is 4.90 Å². The highest BCUT2D eigenvalue weighted by Gasteiger charge is 2.22. The fourth-order valence-electron chi connectivity index (χ4n) is 2.54. The van der Waals surface area contributed by atoms with Crippen LogP contribution in [-0.2, 0) is 17.8 Å². The van der Waals surface area contributed by atoms with Crippen LogP contribution in [0.2, 0.25) is 0 Å². The smallest absolute Gasteiger partial charge is 0.226 e. The summed E-state index contributed by atoms with van der Waals surface area (Å²) in [6.45, 7) is 2.74. The molecule has 1 aliphatic rings. The molecule has 0 fully saturated rings. The molecular weight excluding hydrogens is 252 g/mol. The van der Waals surface area contributed by atoms with E-state index in [0.29, 0.717) is 12.3 Å². The lowest BCUT2D eigenvalue weighted by Gasteiger charge is -2.24. The van der Waals surface area contributed by atoms with Gasteiger partial charge in [-0.25, -0.2) is 4.98 Å². The third kappa shape index (κ3) is 2.80. The fraction of sp³-hybridized carbons (Fsp3) is 0.375. The molecule has 3 rings (SSSR count). The van der Waals surface area contributed by atoms with Gasteiger partial charge in [0.2, 0.25) is 5.89 Å². The summed E-state index contributed by atoms with van der Waals surface area (Å²) in [5, 5.41) is 0. The molecule has 0 N–H and O–H groups in total. The van der Waals surface area contributed by atoms with Gasteiger partial charge in [0.1, 0.15) is 12.0 Å². The average Bonchev–Trinajstić information content (AvgIpc) is 2.92. The lowest BCUT2D eigenvalue weighted by molar-refractivity contribution is -0.108. The second-order valence-corrected chi connectivity index (χ2v) is 5.09. The van der Waals surface area contributed by atoms with Gasteiger partial charge in [0, 0.05) is 24.9 Å². The number of hydrogen-bond acceptors (Lipinski definition) is 4. The zero-order chi connectivity index (χ0) is 13.8. The average molecular weight is 270 g/mol. The van der Waals surface area contributed by atoms with Gasteiger partial charge in [0.25, 0.3) is 0 Å². The summed E-state index contributed by atoms with van der Waals surface area (Å²) in [4.78, 5) is 17.3. The molecule has 0 saturated carbocycles. The molecule has 2 heterocycles. The van der Waals surface area contributed by atoms with Crippen molar-refractivity contribution in [3.63, 3.8) is 0 Å². The predicted octanol–water partition coefficient (Wildman–Crippen LogP) is 2.68. The first-order valence-electron chi connectivity index (χ1n) is 7.07. The molecule has 1 aromatic heterocycles. The molecule has 1 aliphatic heterocycles. The van der Waals surface area contributed by atoms with Crippen LogP contribution in [0, 0.1) is 0 Å². The van der Waals surface area contributed by atoms with E-state index in [0.717, 1.165) is 55.8 Å². The molecule has 0 aliphatic carbocycles. The van der Waals surface area contributed by atoms with Crippen molar-refractivity contribution in [1.29, 1.82) is 0 Å². The van der Waals surface area contributed by atoms with Gasteiger partial charge in [-0.1, -0.05) is 18.2 Å². The topological polar surface area (TPSA) is 46.3 Å². The Kier molecular flexibility index (Phi) is 3.92. The quantitative estimate of drug-likeness (QED) is 0.619. The number of rotatable bonds is 5. The van der Waals surface area contributed by atoms with E-state index < -0.39 is 0 Å². The molecule has 0 radical (unpaired) electrons. The molecular formula is C16H18N2O2. The van der Waals surface area contributed by atoms with Gasteiger partial charge in [-0.05, 0) is 25.1 Å². The highest BCUT2D eigenvalue weighted by molar-refractivity contribution is 5.53. The Labute approximate surface area is 118 Å². The van der Waals surface area contributed by atoms with E-state index in [1.807, 2.05) is 30.3 Å². The van der Waals surface area contributed by atoms with Gasteiger partial charge >= 0.3 is 0 Å². The first kappa shape index (κ1) is 13.1. The van der Waals surface area contributed by atoms with Crippen molar-refractivity contribution in [1.82, 2.24) is 9.88 Å². The molecule has 2 aromatic rings. The predicted molar refractivity (Wildman–Crippen MR) is 76.2 cm³/mol. The van der Waals surface area contributed by atoms with Crippen molar-refractivity contribution in [2.45, 2.75) is 25.8 Å². The molecule has 0 bridgehead atoms. The van der Waals surface area contributed by atoms with Crippen molar-refractivity contribution < 1.29 is 9.21 Å². The number of fused-ring (bicyclic) bond motifs is 1. The maximum atomic E-state index is 10.4. The largest absolute Gasteiger partial charge is 0.440 e. The standard InChI is InChI=1S/C16H18N2O2/c19-11-5-4-9-18-10-8-14-15(12-18)20-16(17-14)13-6-2-1-3-7-13/h1-3,6-7,11H,4-5,8-10,12H2. The van der Waals surface area contributed by atoms with Crippen LogP contribution in [0.15, 0.2) is 34.7 Å². The van der Waals surface area contributed by atoms with Gasteiger partial charge in [-0.2, -0.15) is 0 Å². The van der Waals surface area contributed by atoms with Crippen molar-refractivity contribution >= 4 is 6.29 Å². The minimum absolute atomic E-state index is 0.634. The van der Waals surface area contributed by atoms with Crippen molar-refractivity contribution in [3.05, 3.63) is 41.8 Å². The number of hydrogen-bond donors (Lipinski definition) is 0. The summed E-state index contributed by atoms with van der Waals surface area (Å²) in [5.74, 6) is 1.69. The molecule has 4 heteroatoms. The number of carbonyl (C=O) groups excluding carboxylic acids is 1. The third-order valence-electron chi connectivity index (χ3n) is 3.63. The first-order chi connectivity index (χ1) is 9.86. The molecule has 0 amide bonds. The first-order valence-corrected chi connectivity index (χ1v) is 7.07. The van der Waals surface area contributed by atoms with Crippen LogP contribution in [0.5, 0.6) is 0 Å². The molecule has 0 saturated heterocycles. The summed E-state index contributed by atoms with van der Waals surface area (Å²) in [7, 11) is 0. The Hall–Kier alpha value is -1.94. The molecule has 4 nitrogen and oxygen atoms in total. The zero-order valence-corrected chi connectivity index (χ0v) is 11.4. The number of benzene rings is 1. The molecule has 1 aromatic carbocycles. The highest BCUT2D eigenvalue weighted by atomic mass is 16.4. The van der Waals surface area contributed by atoms with E-state index in [4.69, 9.17) is 4.42 Å². The zero-order valence-electron chi connectivity index (χ0n) is 11.4. The Bertz CT molecular complexity index is 577. The summed E-state index contributed by atoms with van der Waals surface area (Å²) >= 11 is 0. The normalized spacial score (nSPS) is 15.0. The molecule has 0 spiro atoms. The van der Waals surface area contributed by atoms with Gasteiger partial charge in [0.05, 0.1) is 12.2 Å². The summed E-state index contributed by atoms with van der Waals surface area (Å²) in [6, 6.07) is 9.99. The van der Waals surface area contributed by atoms with Crippen molar-refractivity contribution in [2.75, 3.05) is 13.1 Å². The van der Waals surface area contributed by atoms with Crippen LogP contribution >= 0.6 is 0 Å². The molecule has 20 heavy (non-hydrogen) atoms. The van der Waals surface area contributed by atoms with Crippen LogP contribution in [0.1, 0.15) is 24.3 Å². The number of nitrogens with zero attached hydrogens (tertiary/aromatic N) is 2. The lowest BCUT2D eigenvalue weighted by atomic mass is 10.1. The van der Waals surface area contributed by atoms with E-state index in [9.17, 15) is 4.79 Å². The number of carbonyl (C=O) groups is 1. The van der Waals surface area contributed by atoms with E-state index in [2.05, 4.69) is 9.88 Å². The minimum Gasteiger partial charge on any atom is -0.440 e. The fourth-order valence-corrected chi connectivity index (χ4v) is 2.54. The lowest BCUT2D eigenvalue weighted by Crippen LogP contribution is -2.31. The number of oxazole rings is 1. The Morgan fingerprint density at radius 2 is 2.15 bits per heavy atom. The highest BCUT2D eigenvalue weighted by Crippen LogP contribution is 2.26. The Morgan fingerprint density at radius 3 is 2.95 bits per heavy atom. The minimum atomic E-state index is 0.634.